The summed E-state index contributed by atoms with van der Waals surface area (Å²) in [6.07, 6.45) is 1.05. The molecule has 0 aromatic heterocycles. The average molecular weight is 237 g/mol. The number of hydrogen-bond donors (Lipinski definition) is 0. The van der Waals surface area contributed by atoms with Crippen molar-refractivity contribution in [1.82, 2.24) is 0 Å². The molecule has 12 heavy (non-hydrogen) atoms. The monoisotopic (exact) mass is 236 g/mol. The van der Waals surface area contributed by atoms with Crippen LogP contribution in [0.15, 0.2) is 0 Å². The van der Waals surface area contributed by atoms with E-state index in [1.165, 1.54) is 0 Å². The van der Waals surface area contributed by atoms with E-state index in [0.717, 1.165) is 26.2 Å². The highest BCUT2D eigenvalue weighted by Gasteiger charge is 2.51. The molecule has 0 aromatic rings. The first-order chi connectivity index (χ1) is 5.74. The van der Waals surface area contributed by atoms with Gasteiger partial charge in [0.05, 0.1) is 25.2 Å². The van der Waals surface area contributed by atoms with E-state index < -0.39 is 5.97 Å². The van der Waals surface area contributed by atoms with Crippen LogP contribution in [0.25, 0.3) is 0 Å². The molecular formula is C8H13BrO3. The van der Waals surface area contributed by atoms with Crippen LogP contribution in [0.2, 0.25) is 0 Å². The van der Waals surface area contributed by atoms with Gasteiger partial charge in [-0.25, -0.2) is 0 Å². The number of halogens is 1. The highest BCUT2D eigenvalue weighted by molar-refractivity contribution is 9.09. The molecule has 3 aliphatic rings. The van der Waals surface area contributed by atoms with Crippen LogP contribution in [0.1, 0.15) is 13.3 Å². The van der Waals surface area contributed by atoms with Crippen molar-refractivity contribution >= 4 is 15.9 Å². The van der Waals surface area contributed by atoms with Gasteiger partial charge in [-0.1, -0.05) is 22.9 Å². The predicted octanol–water partition coefficient (Wildman–Crippen LogP) is 1.51. The third-order valence-corrected chi connectivity index (χ3v) is 3.40. The van der Waals surface area contributed by atoms with Crippen molar-refractivity contribution in [3.63, 3.8) is 0 Å². The highest BCUT2D eigenvalue weighted by atomic mass is 79.9. The molecule has 4 heteroatoms. The molecule has 3 saturated heterocycles. The molecule has 3 nitrogen and oxygen atoms in total. The lowest BCUT2D eigenvalue weighted by Crippen LogP contribution is -2.60. The van der Waals surface area contributed by atoms with Gasteiger partial charge >= 0.3 is 0 Å². The van der Waals surface area contributed by atoms with Crippen molar-refractivity contribution in [3.05, 3.63) is 0 Å². The quantitative estimate of drug-likeness (QED) is 0.681. The summed E-state index contributed by atoms with van der Waals surface area (Å²) in [7, 11) is 0. The molecule has 0 spiro atoms. The largest absolute Gasteiger partial charge is 0.326 e. The molecule has 3 aliphatic heterocycles. The van der Waals surface area contributed by atoms with Crippen LogP contribution in [-0.2, 0) is 14.2 Å². The minimum Gasteiger partial charge on any atom is -0.326 e. The first-order valence-electron chi connectivity index (χ1n) is 4.22. The normalized spacial score (nSPS) is 46.5. The van der Waals surface area contributed by atoms with E-state index in [0.29, 0.717) is 5.33 Å². The maximum atomic E-state index is 5.52. The van der Waals surface area contributed by atoms with E-state index in [1.54, 1.807) is 0 Å². The third-order valence-electron chi connectivity index (χ3n) is 2.71. The fourth-order valence-electron chi connectivity index (χ4n) is 1.46. The predicted molar refractivity (Wildman–Crippen MR) is 47.1 cm³/mol. The second-order valence-corrected chi connectivity index (χ2v) is 4.10. The summed E-state index contributed by atoms with van der Waals surface area (Å²) in [6, 6.07) is 0. The zero-order valence-electron chi connectivity index (χ0n) is 7.14. The zero-order valence-corrected chi connectivity index (χ0v) is 8.72. The third kappa shape index (κ3) is 1.21. The Bertz CT molecular complexity index is 139. The zero-order chi connectivity index (χ0) is 8.66. The molecule has 2 bridgehead atoms. The Morgan fingerprint density at radius 2 is 1.67 bits per heavy atom. The molecule has 0 saturated carbocycles. The Kier molecular flexibility index (Phi) is 2.19. The first kappa shape index (κ1) is 8.94. The maximum absolute atomic E-state index is 5.52. The minimum atomic E-state index is -0.781. The molecule has 0 unspecified atom stereocenters. The summed E-state index contributed by atoms with van der Waals surface area (Å²) in [5.41, 5.74) is 0.115. The molecule has 0 aliphatic carbocycles. The number of ether oxygens (including phenoxy) is 3. The number of hydrogen-bond acceptors (Lipinski definition) is 3. The molecule has 0 atom stereocenters. The smallest absolute Gasteiger partial charge is 0.293 e. The minimum absolute atomic E-state index is 0.115. The van der Waals surface area contributed by atoms with E-state index in [4.69, 9.17) is 14.2 Å². The summed E-state index contributed by atoms with van der Waals surface area (Å²) >= 11 is 3.32. The maximum Gasteiger partial charge on any atom is 0.293 e. The van der Waals surface area contributed by atoms with Crippen LogP contribution in [0, 0.1) is 5.41 Å². The van der Waals surface area contributed by atoms with Crippen LogP contribution in [0.4, 0.5) is 0 Å². The lowest BCUT2D eigenvalue weighted by molar-refractivity contribution is -0.456. The molecule has 3 rings (SSSR count). The van der Waals surface area contributed by atoms with E-state index in [-0.39, 0.29) is 5.41 Å². The Balaban J connectivity index is 2.09. The van der Waals surface area contributed by atoms with Crippen molar-refractivity contribution in [3.8, 4) is 0 Å². The van der Waals surface area contributed by atoms with Crippen molar-refractivity contribution in [1.29, 1.82) is 0 Å². The van der Waals surface area contributed by atoms with Gasteiger partial charge in [0, 0.05) is 5.41 Å². The number of alkyl halides is 1. The van der Waals surface area contributed by atoms with E-state index in [2.05, 4.69) is 22.9 Å². The van der Waals surface area contributed by atoms with E-state index >= 15 is 0 Å². The van der Waals surface area contributed by atoms with Crippen LogP contribution in [0.5, 0.6) is 0 Å². The summed E-state index contributed by atoms with van der Waals surface area (Å²) < 4.78 is 16.5. The number of fused-ring (bicyclic) bond motifs is 3. The Morgan fingerprint density at radius 3 is 2.00 bits per heavy atom. The van der Waals surface area contributed by atoms with E-state index in [9.17, 15) is 0 Å². The van der Waals surface area contributed by atoms with Crippen molar-refractivity contribution < 1.29 is 14.2 Å². The van der Waals surface area contributed by atoms with Gasteiger partial charge in [0.2, 0.25) is 0 Å². The summed E-state index contributed by atoms with van der Waals surface area (Å²) in [6.45, 7) is 4.42. The lowest BCUT2D eigenvalue weighted by atomic mass is 9.86. The van der Waals surface area contributed by atoms with Crippen LogP contribution in [-0.4, -0.2) is 31.1 Å². The Hall–Kier alpha value is 0.360. The average Bonchev–Trinajstić information content (AvgIpc) is 2.21. The molecule has 0 amide bonds. The summed E-state index contributed by atoms with van der Waals surface area (Å²) in [5.74, 6) is -0.781. The van der Waals surface area contributed by atoms with Crippen LogP contribution < -0.4 is 0 Å². The summed E-state index contributed by atoms with van der Waals surface area (Å²) in [4.78, 5) is 0. The van der Waals surface area contributed by atoms with Gasteiger partial charge < -0.3 is 14.2 Å². The van der Waals surface area contributed by atoms with Crippen LogP contribution >= 0.6 is 15.9 Å². The SMILES string of the molecule is CCC12COC(CBr)(OC1)OC2. The molecule has 0 aromatic carbocycles. The van der Waals surface area contributed by atoms with Gasteiger partial charge in [0.1, 0.15) is 0 Å². The fraction of sp³-hybridized carbons (Fsp3) is 1.00. The summed E-state index contributed by atoms with van der Waals surface area (Å²) in [5, 5.41) is 0.583. The van der Waals surface area contributed by atoms with Gasteiger partial charge in [0.25, 0.3) is 5.97 Å². The van der Waals surface area contributed by atoms with Crippen molar-refractivity contribution in [2.45, 2.75) is 19.3 Å². The van der Waals surface area contributed by atoms with Crippen molar-refractivity contribution in [2.24, 2.45) is 5.41 Å². The first-order valence-corrected chi connectivity index (χ1v) is 5.34. The second-order valence-electron chi connectivity index (χ2n) is 3.54. The topological polar surface area (TPSA) is 27.7 Å². The molecule has 0 N–H and O–H groups in total. The van der Waals surface area contributed by atoms with E-state index in [1.807, 2.05) is 0 Å². The fourth-order valence-corrected chi connectivity index (χ4v) is 1.95. The standard InChI is InChI=1S/C8H13BrO3/c1-2-7-4-10-8(3-9,11-5-7)12-6-7/h2-6H2,1H3. The van der Waals surface area contributed by atoms with Gasteiger partial charge in [-0.2, -0.15) is 0 Å². The molecule has 0 radical (unpaired) electrons. The highest BCUT2D eigenvalue weighted by Crippen LogP contribution is 2.40. The van der Waals surface area contributed by atoms with Gasteiger partial charge in [-0.05, 0) is 6.42 Å². The molecular weight excluding hydrogens is 224 g/mol. The molecule has 3 heterocycles. The van der Waals surface area contributed by atoms with Crippen LogP contribution in [0.3, 0.4) is 0 Å². The Labute approximate surface area is 80.5 Å². The second kappa shape index (κ2) is 2.94. The number of rotatable bonds is 2. The molecule has 3 fully saturated rings. The lowest BCUT2D eigenvalue weighted by Gasteiger charge is -2.50. The van der Waals surface area contributed by atoms with Crippen molar-refractivity contribution in [2.75, 3.05) is 25.2 Å². The Morgan fingerprint density at radius 1 is 1.17 bits per heavy atom. The molecule has 70 valence electrons. The van der Waals surface area contributed by atoms with Gasteiger partial charge in [-0.3, -0.25) is 0 Å². The van der Waals surface area contributed by atoms with Gasteiger partial charge in [-0.15, -0.1) is 0 Å². The van der Waals surface area contributed by atoms with Gasteiger partial charge in [0.15, 0.2) is 0 Å².